The number of carbonyl (C=O) groups excluding carboxylic acids is 1. The van der Waals surface area contributed by atoms with Crippen LogP contribution in [0.4, 0.5) is 10.5 Å². The smallest absolute Gasteiger partial charge is 0.412 e. The van der Waals surface area contributed by atoms with E-state index in [1.165, 1.54) is 0 Å². The molecule has 2 aromatic carbocycles. The van der Waals surface area contributed by atoms with Crippen LogP contribution in [0.15, 0.2) is 62.0 Å². The summed E-state index contributed by atoms with van der Waals surface area (Å²) in [5, 5.41) is 2.73. The van der Waals surface area contributed by atoms with Gasteiger partial charge in [0, 0.05) is 13.4 Å². The van der Waals surface area contributed by atoms with E-state index in [0.717, 1.165) is 19.0 Å². The van der Waals surface area contributed by atoms with Crippen molar-refractivity contribution in [2.45, 2.75) is 13.0 Å². The molecular weight excluding hydrogens is 490 g/mol. The summed E-state index contributed by atoms with van der Waals surface area (Å²) >= 11 is 10.2. The van der Waals surface area contributed by atoms with Crippen molar-refractivity contribution in [2.24, 2.45) is 0 Å². The fourth-order valence-electron chi connectivity index (χ4n) is 1.81. The van der Waals surface area contributed by atoms with Crippen LogP contribution >= 0.6 is 47.8 Å². The van der Waals surface area contributed by atoms with Crippen LogP contribution in [-0.2, 0) is 4.74 Å². The number of amides is 1. The zero-order valence-electron chi connectivity index (χ0n) is 12.2. The molecule has 120 valence electrons. The van der Waals surface area contributed by atoms with Gasteiger partial charge in [0.1, 0.15) is 6.10 Å². The maximum atomic E-state index is 12.0. The van der Waals surface area contributed by atoms with Gasteiger partial charge in [-0.25, -0.2) is 4.79 Å². The molecule has 2 rings (SSSR count). The molecular formula is C17H14Br3NO2. The highest BCUT2D eigenvalue weighted by atomic mass is 79.9. The van der Waals surface area contributed by atoms with Gasteiger partial charge in [-0.3, -0.25) is 5.32 Å². The molecule has 1 N–H and O–H groups in total. The van der Waals surface area contributed by atoms with E-state index < -0.39 is 6.09 Å². The summed E-state index contributed by atoms with van der Waals surface area (Å²) in [6, 6.07) is 13.5. The molecule has 0 unspecified atom stereocenters. The van der Waals surface area contributed by atoms with Crippen LogP contribution in [0.3, 0.4) is 0 Å². The minimum Gasteiger partial charge on any atom is -0.442 e. The molecule has 0 saturated heterocycles. The number of halogens is 3. The van der Waals surface area contributed by atoms with Crippen molar-refractivity contribution in [3.8, 4) is 0 Å². The number of anilines is 1. The largest absolute Gasteiger partial charge is 0.442 e. The Morgan fingerprint density at radius 1 is 1.13 bits per heavy atom. The molecule has 23 heavy (non-hydrogen) atoms. The maximum Gasteiger partial charge on any atom is 0.412 e. The fraction of sp³-hybridized carbons (Fsp3) is 0.118. The van der Waals surface area contributed by atoms with E-state index in [4.69, 9.17) is 4.74 Å². The second kappa shape index (κ2) is 8.66. The molecule has 0 saturated carbocycles. The summed E-state index contributed by atoms with van der Waals surface area (Å²) in [6.45, 7) is 1.81. The van der Waals surface area contributed by atoms with E-state index >= 15 is 0 Å². The van der Waals surface area contributed by atoms with Crippen LogP contribution in [0.5, 0.6) is 0 Å². The Morgan fingerprint density at radius 3 is 2.35 bits per heavy atom. The summed E-state index contributed by atoms with van der Waals surface area (Å²) in [6.07, 6.45) is 2.89. The Bertz CT molecular complexity index is 694. The van der Waals surface area contributed by atoms with Crippen LogP contribution in [0.25, 0.3) is 6.08 Å². The Hall–Kier alpha value is -1.11. The van der Waals surface area contributed by atoms with Gasteiger partial charge in [0.05, 0.1) is 5.69 Å². The van der Waals surface area contributed by atoms with Crippen molar-refractivity contribution in [3.63, 3.8) is 0 Å². The summed E-state index contributed by atoms with van der Waals surface area (Å²) in [5.41, 5.74) is 1.68. The third-order valence-electron chi connectivity index (χ3n) is 2.89. The van der Waals surface area contributed by atoms with Crippen molar-refractivity contribution < 1.29 is 9.53 Å². The monoisotopic (exact) mass is 501 g/mol. The molecule has 0 aromatic heterocycles. The van der Waals surface area contributed by atoms with Gasteiger partial charge in [-0.05, 0) is 62.6 Å². The number of ether oxygens (including phenoxy) is 1. The summed E-state index contributed by atoms with van der Waals surface area (Å²) in [7, 11) is 0. The van der Waals surface area contributed by atoms with Gasteiger partial charge in [-0.2, -0.15) is 0 Å². The lowest BCUT2D eigenvalue weighted by atomic mass is 10.2. The first kappa shape index (κ1) is 18.2. The van der Waals surface area contributed by atoms with Crippen LogP contribution in [0.1, 0.15) is 12.5 Å². The standard InChI is InChI=1S/C17H14Br3NO2/c1-11(7-8-12-5-3-2-4-6-12)23-17(22)21-16-14(19)9-13(18)10-15(16)20/h2-11H,1H3,(H,21,22)/b8-7+/t11-/m1/s1. The molecule has 0 radical (unpaired) electrons. The second-order valence-corrected chi connectivity index (χ2v) is 7.37. The fourth-order valence-corrected chi connectivity index (χ4v) is 4.27. The highest BCUT2D eigenvalue weighted by Crippen LogP contribution is 2.34. The van der Waals surface area contributed by atoms with Gasteiger partial charge in [0.15, 0.2) is 0 Å². The number of hydrogen-bond donors (Lipinski definition) is 1. The Morgan fingerprint density at radius 2 is 1.74 bits per heavy atom. The van der Waals surface area contributed by atoms with Gasteiger partial charge in [-0.1, -0.05) is 52.3 Å². The Labute approximate surface area is 160 Å². The van der Waals surface area contributed by atoms with E-state index in [1.807, 2.05) is 61.5 Å². The van der Waals surface area contributed by atoms with Crippen molar-refractivity contribution in [1.29, 1.82) is 0 Å². The lowest BCUT2D eigenvalue weighted by Gasteiger charge is -2.13. The van der Waals surface area contributed by atoms with Crippen LogP contribution in [-0.4, -0.2) is 12.2 Å². The molecule has 0 spiro atoms. The zero-order valence-corrected chi connectivity index (χ0v) is 17.0. The Balaban J connectivity index is 1.96. The highest BCUT2D eigenvalue weighted by molar-refractivity contribution is 9.11. The van der Waals surface area contributed by atoms with E-state index in [1.54, 1.807) is 0 Å². The number of carbonyl (C=O) groups is 1. The third kappa shape index (κ3) is 5.79. The number of rotatable bonds is 4. The predicted molar refractivity (Wildman–Crippen MR) is 105 cm³/mol. The van der Waals surface area contributed by atoms with Gasteiger partial charge in [0.2, 0.25) is 0 Å². The molecule has 0 fully saturated rings. The molecule has 2 aromatic rings. The van der Waals surface area contributed by atoms with Gasteiger partial charge < -0.3 is 4.74 Å². The first-order valence-electron chi connectivity index (χ1n) is 6.81. The molecule has 1 amide bonds. The van der Waals surface area contributed by atoms with Crippen LogP contribution < -0.4 is 5.32 Å². The summed E-state index contributed by atoms with van der Waals surface area (Å²) < 4.78 is 7.73. The maximum absolute atomic E-state index is 12.0. The summed E-state index contributed by atoms with van der Waals surface area (Å²) in [4.78, 5) is 12.0. The third-order valence-corrected chi connectivity index (χ3v) is 4.59. The first-order chi connectivity index (χ1) is 11.0. The number of benzene rings is 2. The number of hydrogen-bond acceptors (Lipinski definition) is 2. The first-order valence-corrected chi connectivity index (χ1v) is 9.19. The molecule has 3 nitrogen and oxygen atoms in total. The van der Waals surface area contributed by atoms with Crippen LogP contribution in [0.2, 0.25) is 0 Å². The van der Waals surface area contributed by atoms with Gasteiger partial charge in [-0.15, -0.1) is 0 Å². The number of nitrogens with one attached hydrogen (secondary N) is 1. The van der Waals surface area contributed by atoms with E-state index in [9.17, 15) is 4.79 Å². The second-order valence-electron chi connectivity index (χ2n) is 4.75. The zero-order chi connectivity index (χ0) is 16.8. The quantitative estimate of drug-likeness (QED) is 0.509. The topological polar surface area (TPSA) is 38.3 Å². The molecule has 1 atom stereocenters. The average Bonchev–Trinajstić information content (AvgIpc) is 2.50. The van der Waals surface area contributed by atoms with E-state index in [2.05, 4.69) is 53.1 Å². The van der Waals surface area contributed by atoms with Gasteiger partial charge >= 0.3 is 6.09 Å². The lowest BCUT2D eigenvalue weighted by Crippen LogP contribution is -2.19. The van der Waals surface area contributed by atoms with Gasteiger partial charge in [0.25, 0.3) is 0 Å². The van der Waals surface area contributed by atoms with Crippen molar-refractivity contribution >= 4 is 65.6 Å². The van der Waals surface area contributed by atoms with Crippen LogP contribution in [0, 0.1) is 0 Å². The lowest BCUT2D eigenvalue weighted by molar-refractivity contribution is 0.142. The Kier molecular flexibility index (Phi) is 6.87. The predicted octanol–water partition coefficient (Wildman–Crippen LogP) is 6.62. The molecule has 0 bridgehead atoms. The molecule has 0 aliphatic carbocycles. The molecule has 0 aliphatic rings. The minimum atomic E-state index is -0.515. The normalized spacial score (nSPS) is 12.2. The van der Waals surface area contributed by atoms with Crippen molar-refractivity contribution in [2.75, 3.05) is 5.32 Å². The SMILES string of the molecule is C[C@H](/C=C/c1ccccc1)OC(=O)Nc1c(Br)cc(Br)cc1Br. The van der Waals surface area contributed by atoms with E-state index in [0.29, 0.717) is 5.69 Å². The molecule has 0 heterocycles. The molecule has 0 aliphatic heterocycles. The van der Waals surface area contributed by atoms with Crippen molar-refractivity contribution in [3.05, 3.63) is 67.5 Å². The minimum absolute atomic E-state index is 0.344. The summed E-state index contributed by atoms with van der Waals surface area (Å²) in [5.74, 6) is 0. The van der Waals surface area contributed by atoms with Crippen molar-refractivity contribution in [1.82, 2.24) is 0 Å². The molecule has 6 heteroatoms. The van der Waals surface area contributed by atoms with E-state index in [-0.39, 0.29) is 6.10 Å². The average molecular weight is 504 g/mol. The highest BCUT2D eigenvalue weighted by Gasteiger charge is 2.12.